The molecule has 0 aliphatic rings. The third-order valence-electron chi connectivity index (χ3n) is 4.25. The number of aromatic amines is 1. The van der Waals surface area contributed by atoms with Gasteiger partial charge in [-0.1, -0.05) is 19.1 Å². The van der Waals surface area contributed by atoms with Gasteiger partial charge in [-0.25, -0.2) is 10.2 Å². The quantitative estimate of drug-likeness (QED) is 0.375. The lowest BCUT2D eigenvalue weighted by molar-refractivity contribution is -0.384. The van der Waals surface area contributed by atoms with Gasteiger partial charge < -0.3 is 4.57 Å². The number of nitro benzene ring substituents is 1. The monoisotopic (exact) mass is 385 g/mol. The second kappa shape index (κ2) is 7.47. The Kier molecular flexibility index (Phi) is 5.07. The Bertz CT molecular complexity index is 1200. The molecule has 0 fully saturated rings. The maximum atomic E-state index is 12.3. The summed E-state index contributed by atoms with van der Waals surface area (Å²) in [6.45, 7) is 4.14. The normalized spacial score (nSPS) is 11.8. The van der Waals surface area contributed by atoms with Crippen LogP contribution in [0.4, 0.5) is 11.6 Å². The van der Waals surface area contributed by atoms with E-state index in [0.717, 1.165) is 6.42 Å². The number of nitrogens with one attached hydrogen (secondary N) is 2. The van der Waals surface area contributed by atoms with Crippen molar-refractivity contribution >= 4 is 28.5 Å². The van der Waals surface area contributed by atoms with Crippen LogP contribution >= 0.6 is 0 Å². The molecule has 0 spiro atoms. The largest absolute Gasteiger partial charge is 0.329 e. The topological polar surface area (TPSA) is 140 Å². The van der Waals surface area contributed by atoms with Gasteiger partial charge in [-0.3, -0.25) is 24.5 Å². The number of benzene rings is 1. The Hall–Kier alpha value is -3.76. The number of non-ortho nitro benzene ring substituents is 1. The van der Waals surface area contributed by atoms with Crippen molar-refractivity contribution in [1.29, 1.82) is 0 Å². The fraction of sp³-hybridized carbons (Fsp3) is 0.294. The van der Waals surface area contributed by atoms with Gasteiger partial charge in [0.05, 0.1) is 10.6 Å². The third-order valence-corrected chi connectivity index (χ3v) is 4.25. The second-order valence-corrected chi connectivity index (χ2v) is 6.19. The molecule has 11 heteroatoms. The molecule has 0 amide bonds. The van der Waals surface area contributed by atoms with E-state index in [1.807, 2.05) is 6.92 Å². The molecule has 1 aromatic carbocycles. The predicted octanol–water partition coefficient (Wildman–Crippen LogP) is 1.58. The number of H-pyrrole nitrogens is 1. The van der Waals surface area contributed by atoms with Crippen LogP contribution in [0, 0.1) is 10.1 Å². The van der Waals surface area contributed by atoms with E-state index in [4.69, 9.17) is 0 Å². The summed E-state index contributed by atoms with van der Waals surface area (Å²) in [5.74, 6) is 0.299. The van der Waals surface area contributed by atoms with Crippen molar-refractivity contribution in [3.8, 4) is 0 Å². The summed E-state index contributed by atoms with van der Waals surface area (Å²) in [5, 5.41) is 15.2. The van der Waals surface area contributed by atoms with Crippen molar-refractivity contribution in [3.05, 3.63) is 60.8 Å². The van der Waals surface area contributed by atoms with Crippen LogP contribution in [-0.4, -0.2) is 29.7 Å². The minimum absolute atomic E-state index is 0.0354. The summed E-state index contributed by atoms with van der Waals surface area (Å²) in [5.41, 5.74) is 3.29. The Morgan fingerprint density at radius 3 is 2.82 bits per heavy atom. The first-order valence-corrected chi connectivity index (χ1v) is 8.58. The van der Waals surface area contributed by atoms with Gasteiger partial charge in [-0.2, -0.15) is 10.1 Å². The number of hydrogen-bond donors (Lipinski definition) is 2. The van der Waals surface area contributed by atoms with E-state index >= 15 is 0 Å². The molecule has 0 aliphatic heterocycles. The highest BCUT2D eigenvalue weighted by Crippen LogP contribution is 2.17. The molecule has 146 valence electrons. The summed E-state index contributed by atoms with van der Waals surface area (Å²) < 4.78 is 2.91. The molecule has 2 heterocycles. The highest BCUT2D eigenvalue weighted by Gasteiger charge is 2.16. The van der Waals surface area contributed by atoms with Crippen LogP contribution in [0.2, 0.25) is 0 Å². The van der Waals surface area contributed by atoms with Crippen LogP contribution in [0.5, 0.6) is 0 Å². The summed E-state index contributed by atoms with van der Waals surface area (Å²) in [6.07, 6.45) is 0.732. The van der Waals surface area contributed by atoms with Gasteiger partial charge in [0.1, 0.15) is 0 Å². The van der Waals surface area contributed by atoms with E-state index in [0.29, 0.717) is 23.8 Å². The van der Waals surface area contributed by atoms with Crippen LogP contribution in [0.1, 0.15) is 25.8 Å². The zero-order valence-electron chi connectivity index (χ0n) is 15.6. The van der Waals surface area contributed by atoms with Crippen molar-refractivity contribution in [2.75, 3.05) is 5.43 Å². The zero-order valence-corrected chi connectivity index (χ0v) is 15.6. The Morgan fingerprint density at radius 1 is 1.39 bits per heavy atom. The second-order valence-electron chi connectivity index (χ2n) is 6.19. The maximum absolute atomic E-state index is 12.3. The molecule has 11 nitrogen and oxygen atoms in total. The molecule has 0 aliphatic carbocycles. The molecule has 3 rings (SSSR count). The maximum Gasteiger partial charge on any atom is 0.329 e. The average molecular weight is 385 g/mol. The van der Waals surface area contributed by atoms with Crippen LogP contribution < -0.4 is 16.7 Å². The van der Waals surface area contributed by atoms with Crippen LogP contribution in [0.3, 0.4) is 0 Å². The highest BCUT2D eigenvalue weighted by molar-refractivity contribution is 5.99. The minimum atomic E-state index is -0.554. The standard InChI is InChI=1S/C17H19N7O4/c1-4-8-23-13-14(22(3)17(26)19-15(13)25)18-16(23)21-20-10(2)11-6-5-7-12(9-11)24(27)28/h5-7,9H,4,8H2,1-3H3,(H,18,21)(H,19,25,26)/b20-10-. The van der Waals surface area contributed by atoms with Gasteiger partial charge in [-0.05, 0) is 13.3 Å². The molecule has 2 aromatic heterocycles. The molecule has 0 unspecified atom stereocenters. The molecule has 2 N–H and O–H groups in total. The number of imidazole rings is 1. The van der Waals surface area contributed by atoms with Gasteiger partial charge in [0, 0.05) is 31.3 Å². The van der Waals surface area contributed by atoms with Crippen molar-refractivity contribution in [3.63, 3.8) is 0 Å². The number of aryl methyl sites for hydroxylation is 2. The van der Waals surface area contributed by atoms with Gasteiger partial charge in [0.15, 0.2) is 11.2 Å². The Labute approximate surface area is 158 Å². The summed E-state index contributed by atoms with van der Waals surface area (Å²) in [6, 6.07) is 6.10. The summed E-state index contributed by atoms with van der Waals surface area (Å²) >= 11 is 0. The molecule has 0 saturated heterocycles. The predicted molar refractivity (Wildman–Crippen MR) is 105 cm³/mol. The van der Waals surface area contributed by atoms with E-state index in [1.165, 1.54) is 23.7 Å². The first kappa shape index (κ1) is 19.0. The van der Waals surface area contributed by atoms with Crippen molar-refractivity contribution in [1.82, 2.24) is 19.1 Å². The lowest BCUT2D eigenvalue weighted by Crippen LogP contribution is -2.29. The Morgan fingerprint density at radius 2 is 2.14 bits per heavy atom. The van der Waals surface area contributed by atoms with Gasteiger partial charge in [0.25, 0.3) is 11.2 Å². The molecule has 28 heavy (non-hydrogen) atoms. The third kappa shape index (κ3) is 3.41. The van der Waals surface area contributed by atoms with Gasteiger partial charge in [-0.15, -0.1) is 0 Å². The number of hydrazone groups is 1. The molecule has 0 saturated carbocycles. The fourth-order valence-electron chi connectivity index (χ4n) is 2.80. The molecule has 3 aromatic rings. The first-order chi connectivity index (χ1) is 13.3. The molecular weight excluding hydrogens is 366 g/mol. The number of rotatable bonds is 6. The number of nitro groups is 1. The van der Waals surface area contributed by atoms with Gasteiger partial charge >= 0.3 is 5.69 Å². The number of anilines is 1. The van der Waals surface area contributed by atoms with Crippen LogP contribution in [0.15, 0.2) is 39.0 Å². The molecule has 0 atom stereocenters. The zero-order chi connectivity index (χ0) is 20.4. The average Bonchev–Trinajstić information content (AvgIpc) is 3.03. The molecule has 0 bridgehead atoms. The van der Waals surface area contributed by atoms with Crippen molar-refractivity contribution in [2.24, 2.45) is 12.1 Å². The van der Waals surface area contributed by atoms with Crippen molar-refractivity contribution in [2.45, 2.75) is 26.8 Å². The van der Waals surface area contributed by atoms with E-state index in [9.17, 15) is 19.7 Å². The lowest BCUT2D eigenvalue weighted by atomic mass is 10.1. The lowest BCUT2D eigenvalue weighted by Gasteiger charge is -2.07. The van der Waals surface area contributed by atoms with Crippen molar-refractivity contribution < 1.29 is 4.92 Å². The molecule has 0 radical (unpaired) electrons. The van der Waals surface area contributed by atoms with Gasteiger partial charge in [0.2, 0.25) is 5.95 Å². The summed E-state index contributed by atoms with van der Waals surface area (Å²) in [4.78, 5) is 41.2. The minimum Gasteiger partial charge on any atom is -0.303 e. The number of fused-ring (bicyclic) bond motifs is 1. The van der Waals surface area contributed by atoms with E-state index in [1.54, 1.807) is 23.6 Å². The fourth-order valence-corrected chi connectivity index (χ4v) is 2.80. The highest BCUT2D eigenvalue weighted by atomic mass is 16.6. The molecular formula is C17H19N7O4. The SMILES string of the molecule is CCCn1c(N/N=C(/C)c2cccc([N+](=O)[O-])c2)nc2c1c(=O)[nH]c(=O)n2C. The van der Waals surface area contributed by atoms with Crippen LogP contribution in [0.25, 0.3) is 11.2 Å². The van der Waals surface area contributed by atoms with E-state index in [-0.39, 0.29) is 16.9 Å². The Balaban J connectivity index is 2.04. The van der Waals surface area contributed by atoms with E-state index in [2.05, 4.69) is 20.5 Å². The number of nitrogens with zero attached hydrogens (tertiary/aromatic N) is 5. The number of aromatic nitrogens is 4. The van der Waals surface area contributed by atoms with Crippen LogP contribution in [-0.2, 0) is 13.6 Å². The van der Waals surface area contributed by atoms with E-state index < -0.39 is 16.2 Å². The first-order valence-electron chi connectivity index (χ1n) is 8.58. The summed E-state index contributed by atoms with van der Waals surface area (Å²) in [7, 11) is 1.52. The smallest absolute Gasteiger partial charge is 0.303 e. The number of hydrogen-bond acceptors (Lipinski definition) is 7.